The average molecular weight is 180 g/mol. The molecule has 0 heterocycles. The number of hydrogen-bond acceptors (Lipinski definition) is 1. The van der Waals surface area contributed by atoms with Gasteiger partial charge in [0.15, 0.2) is 0 Å². The molecule has 0 aromatic rings. The van der Waals surface area contributed by atoms with Crippen molar-refractivity contribution in [2.24, 2.45) is 0 Å². The first-order chi connectivity index (χ1) is 6.41. The van der Waals surface area contributed by atoms with Crippen LogP contribution < -0.4 is 0 Å². The van der Waals surface area contributed by atoms with Gasteiger partial charge < -0.3 is 5.11 Å². The average Bonchev–Trinajstić information content (AvgIpc) is 2.16. The quantitative estimate of drug-likeness (QED) is 0.471. The zero-order valence-corrected chi connectivity index (χ0v) is 8.45. The van der Waals surface area contributed by atoms with Gasteiger partial charge in [-0.15, -0.1) is 0 Å². The van der Waals surface area contributed by atoms with Crippen LogP contribution in [0.15, 0.2) is 36.5 Å². The number of hydrogen-bond donors (Lipinski definition) is 1. The first-order valence-corrected chi connectivity index (χ1v) is 4.99. The van der Waals surface area contributed by atoms with E-state index in [1.54, 1.807) is 0 Å². The summed E-state index contributed by atoms with van der Waals surface area (Å²) in [7, 11) is 0. The van der Waals surface area contributed by atoms with Gasteiger partial charge in [0.05, 0.1) is 0 Å². The lowest BCUT2D eigenvalue weighted by molar-refractivity contribution is 0.302. The summed E-state index contributed by atoms with van der Waals surface area (Å²) in [6, 6.07) is 0. The Labute approximate surface area is 81.5 Å². The van der Waals surface area contributed by atoms with E-state index in [4.69, 9.17) is 5.11 Å². The molecular weight excluding hydrogens is 160 g/mol. The van der Waals surface area contributed by atoms with Gasteiger partial charge in [0.1, 0.15) is 0 Å². The van der Waals surface area contributed by atoms with Crippen LogP contribution >= 0.6 is 0 Å². The summed E-state index contributed by atoms with van der Waals surface area (Å²) in [4.78, 5) is 0. The molecule has 74 valence electrons. The molecule has 1 heteroatoms. The molecule has 0 atom stereocenters. The standard InChI is InChI=1S/C12H20O/c1-2-3-4-5-6-7-8-9-10-11-12-13/h4-7,9-10,13H,2-3,8,11-12H2,1H3. The number of aliphatic hydroxyl groups is 1. The Morgan fingerprint density at radius 3 is 2.38 bits per heavy atom. The van der Waals surface area contributed by atoms with Gasteiger partial charge in [0, 0.05) is 6.61 Å². The van der Waals surface area contributed by atoms with Crippen LogP contribution in [0.25, 0.3) is 0 Å². The molecule has 1 N–H and O–H groups in total. The Hall–Kier alpha value is -0.820. The van der Waals surface area contributed by atoms with E-state index in [1.165, 1.54) is 6.42 Å². The highest BCUT2D eigenvalue weighted by Gasteiger charge is 1.73. The second-order valence-electron chi connectivity index (χ2n) is 2.86. The van der Waals surface area contributed by atoms with E-state index in [0.29, 0.717) is 0 Å². The molecule has 0 aliphatic heterocycles. The fourth-order valence-corrected chi connectivity index (χ4v) is 0.866. The zero-order chi connectivity index (χ0) is 9.78. The molecule has 0 fully saturated rings. The Balaban J connectivity index is 3.30. The van der Waals surface area contributed by atoms with Crippen LogP contribution in [0.3, 0.4) is 0 Å². The number of rotatable bonds is 7. The minimum Gasteiger partial charge on any atom is -0.396 e. The minimum absolute atomic E-state index is 0.247. The van der Waals surface area contributed by atoms with Crippen molar-refractivity contribution in [3.8, 4) is 0 Å². The van der Waals surface area contributed by atoms with E-state index in [0.717, 1.165) is 19.3 Å². The molecule has 0 aliphatic rings. The van der Waals surface area contributed by atoms with Crippen LogP contribution in [0, 0.1) is 0 Å². The summed E-state index contributed by atoms with van der Waals surface area (Å²) in [6.07, 6.45) is 16.6. The first kappa shape index (κ1) is 12.2. The Morgan fingerprint density at radius 2 is 1.69 bits per heavy atom. The maximum absolute atomic E-state index is 8.49. The first-order valence-electron chi connectivity index (χ1n) is 4.99. The second kappa shape index (κ2) is 11.2. The normalized spacial score (nSPS) is 12.5. The summed E-state index contributed by atoms with van der Waals surface area (Å²) < 4.78 is 0. The lowest BCUT2D eigenvalue weighted by atomic mass is 10.3. The monoisotopic (exact) mass is 180 g/mol. The molecular formula is C12H20O. The van der Waals surface area contributed by atoms with Crippen molar-refractivity contribution in [2.45, 2.75) is 32.6 Å². The molecule has 1 nitrogen and oxygen atoms in total. The van der Waals surface area contributed by atoms with Crippen molar-refractivity contribution < 1.29 is 5.11 Å². The number of aliphatic hydroxyl groups excluding tert-OH is 1. The Kier molecular flexibility index (Phi) is 10.5. The zero-order valence-electron chi connectivity index (χ0n) is 8.45. The number of unbranched alkanes of at least 4 members (excludes halogenated alkanes) is 1. The van der Waals surface area contributed by atoms with Crippen molar-refractivity contribution >= 4 is 0 Å². The molecule has 0 amide bonds. The fourth-order valence-electron chi connectivity index (χ4n) is 0.866. The fraction of sp³-hybridized carbons (Fsp3) is 0.500. The maximum Gasteiger partial charge on any atom is 0.0465 e. The Morgan fingerprint density at radius 1 is 0.923 bits per heavy atom. The summed E-state index contributed by atoms with van der Waals surface area (Å²) >= 11 is 0. The van der Waals surface area contributed by atoms with E-state index in [-0.39, 0.29) is 6.61 Å². The van der Waals surface area contributed by atoms with Gasteiger partial charge >= 0.3 is 0 Å². The van der Waals surface area contributed by atoms with Crippen LogP contribution in [0.1, 0.15) is 32.6 Å². The molecule has 0 aromatic carbocycles. The van der Waals surface area contributed by atoms with Gasteiger partial charge in [-0.05, 0) is 19.3 Å². The molecule has 0 aromatic heterocycles. The molecule has 13 heavy (non-hydrogen) atoms. The van der Waals surface area contributed by atoms with Crippen LogP contribution in [0.5, 0.6) is 0 Å². The van der Waals surface area contributed by atoms with E-state index in [9.17, 15) is 0 Å². The Bertz CT molecular complexity index is 166. The summed E-state index contributed by atoms with van der Waals surface area (Å²) in [5, 5.41) is 8.49. The highest BCUT2D eigenvalue weighted by Crippen LogP contribution is 1.91. The smallest absolute Gasteiger partial charge is 0.0465 e. The third-order valence-electron chi connectivity index (χ3n) is 1.57. The van der Waals surface area contributed by atoms with Gasteiger partial charge in [-0.1, -0.05) is 49.8 Å². The number of allylic oxidation sites excluding steroid dienone is 5. The van der Waals surface area contributed by atoms with Crippen molar-refractivity contribution in [1.82, 2.24) is 0 Å². The molecule has 0 saturated heterocycles. The third-order valence-corrected chi connectivity index (χ3v) is 1.57. The summed E-state index contributed by atoms with van der Waals surface area (Å²) in [6.45, 7) is 2.42. The lowest BCUT2D eigenvalue weighted by Gasteiger charge is -1.83. The molecule has 0 saturated carbocycles. The maximum atomic E-state index is 8.49. The van der Waals surface area contributed by atoms with E-state index < -0.39 is 0 Å². The van der Waals surface area contributed by atoms with Gasteiger partial charge in [0.2, 0.25) is 0 Å². The summed E-state index contributed by atoms with van der Waals surface area (Å²) in [5.74, 6) is 0. The molecule has 0 aliphatic carbocycles. The topological polar surface area (TPSA) is 20.2 Å². The predicted molar refractivity (Wildman–Crippen MR) is 58.6 cm³/mol. The van der Waals surface area contributed by atoms with E-state index >= 15 is 0 Å². The molecule has 0 spiro atoms. The lowest BCUT2D eigenvalue weighted by Crippen LogP contribution is -1.74. The molecule has 0 bridgehead atoms. The van der Waals surface area contributed by atoms with Gasteiger partial charge in [0.25, 0.3) is 0 Å². The third kappa shape index (κ3) is 11.2. The minimum atomic E-state index is 0.247. The predicted octanol–water partition coefficient (Wildman–Crippen LogP) is 3.23. The van der Waals surface area contributed by atoms with E-state index in [1.807, 2.05) is 6.08 Å². The largest absolute Gasteiger partial charge is 0.396 e. The second-order valence-corrected chi connectivity index (χ2v) is 2.86. The van der Waals surface area contributed by atoms with Crippen molar-refractivity contribution in [2.75, 3.05) is 6.61 Å². The van der Waals surface area contributed by atoms with Crippen molar-refractivity contribution in [3.63, 3.8) is 0 Å². The van der Waals surface area contributed by atoms with Gasteiger partial charge in [-0.3, -0.25) is 0 Å². The molecule has 0 radical (unpaired) electrons. The SMILES string of the molecule is CCCC=CC=CCC=CCCO. The van der Waals surface area contributed by atoms with E-state index in [2.05, 4.69) is 37.3 Å². The van der Waals surface area contributed by atoms with Crippen LogP contribution in [0.4, 0.5) is 0 Å². The molecule has 0 rings (SSSR count). The molecule has 0 unspecified atom stereocenters. The van der Waals surface area contributed by atoms with Gasteiger partial charge in [-0.25, -0.2) is 0 Å². The van der Waals surface area contributed by atoms with Crippen LogP contribution in [0.2, 0.25) is 0 Å². The van der Waals surface area contributed by atoms with Crippen molar-refractivity contribution in [1.29, 1.82) is 0 Å². The van der Waals surface area contributed by atoms with Gasteiger partial charge in [-0.2, -0.15) is 0 Å². The highest BCUT2D eigenvalue weighted by atomic mass is 16.2. The summed E-state index contributed by atoms with van der Waals surface area (Å²) in [5.41, 5.74) is 0. The highest BCUT2D eigenvalue weighted by molar-refractivity contribution is 5.04. The van der Waals surface area contributed by atoms with Crippen LogP contribution in [-0.4, -0.2) is 11.7 Å². The van der Waals surface area contributed by atoms with Crippen LogP contribution in [-0.2, 0) is 0 Å². The van der Waals surface area contributed by atoms with Crippen molar-refractivity contribution in [3.05, 3.63) is 36.5 Å².